The van der Waals surface area contributed by atoms with Crippen LogP contribution in [-0.2, 0) is 6.54 Å². The number of anilines is 2. The third kappa shape index (κ3) is 4.63. The Morgan fingerprint density at radius 1 is 1.05 bits per heavy atom. The van der Waals surface area contributed by atoms with Crippen molar-refractivity contribution in [3.63, 3.8) is 0 Å². The van der Waals surface area contributed by atoms with Crippen molar-refractivity contribution in [1.29, 1.82) is 0 Å². The quantitative estimate of drug-likeness (QED) is 0.232. The van der Waals surface area contributed by atoms with Gasteiger partial charge < -0.3 is 10.4 Å². The van der Waals surface area contributed by atoms with E-state index in [1.54, 1.807) is 47.4 Å². The van der Waals surface area contributed by atoms with E-state index in [2.05, 4.69) is 30.6 Å². The summed E-state index contributed by atoms with van der Waals surface area (Å²) >= 11 is 0. The summed E-state index contributed by atoms with van der Waals surface area (Å²) in [5, 5.41) is 27.0. The molecule has 2 N–H and O–H groups in total. The minimum absolute atomic E-state index is 0.0275. The van der Waals surface area contributed by atoms with E-state index in [0.717, 1.165) is 24.3 Å². The molecular weight excluding hydrogens is 547 g/mol. The van der Waals surface area contributed by atoms with Crippen LogP contribution in [0.15, 0.2) is 61.3 Å². The zero-order valence-electron chi connectivity index (χ0n) is 23.5. The fourth-order valence-corrected chi connectivity index (χ4v) is 8.31. The molecule has 2 atom stereocenters. The molecule has 0 aliphatic heterocycles. The van der Waals surface area contributed by atoms with Crippen LogP contribution < -0.4 is 5.32 Å². The molecule has 43 heavy (non-hydrogen) atoms. The van der Waals surface area contributed by atoms with Crippen molar-refractivity contribution in [2.24, 2.45) is 23.2 Å². The molecule has 4 aliphatic carbocycles. The second kappa shape index (κ2) is 9.96. The van der Waals surface area contributed by atoms with Crippen LogP contribution >= 0.6 is 0 Å². The smallest absolute Gasteiger partial charge is 0.338 e. The Morgan fingerprint density at radius 2 is 1.86 bits per heavy atom. The number of carboxylic acids is 1. The van der Waals surface area contributed by atoms with Crippen LogP contribution in [0.5, 0.6) is 0 Å². The average molecular weight is 579 g/mol. The number of nitrogens with one attached hydrogen (secondary N) is 1. The second-order valence-corrected chi connectivity index (χ2v) is 12.7. The number of hydrogen-bond acceptors (Lipinski definition) is 7. The number of hydrogen-bond donors (Lipinski definition) is 2. The lowest BCUT2D eigenvalue weighted by Gasteiger charge is -2.48. The number of aromatic carboxylic acids is 1. The van der Waals surface area contributed by atoms with Gasteiger partial charge in [-0.15, -0.1) is 10.2 Å². The van der Waals surface area contributed by atoms with Crippen molar-refractivity contribution >= 4 is 28.6 Å². The van der Waals surface area contributed by atoms with Gasteiger partial charge in [0.2, 0.25) is 0 Å². The molecule has 5 heterocycles. The van der Waals surface area contributed by atoms with E-state index in [-0.39, 0.29) is 22.5 Å². The first-order valence-electron chi connectivity index (χ1n) is 14.9. The highest BCUT2D eigenvalue weighted by molar-refractivity contribution is 6.07. The largest absolute Gasteiger partial charge is 0.478 e. The van der Waals surface area contributed by atoms with Gasteiger partial charge in [0.25, 0.3) is 0 Å². The van der Waals surface area contributed by atoms with Gasteiger partial charge in [0.05, 0.1) is 23.6 Å². The maximum Gasteiger partial charge on any atom is 0.338 e. The van der Waals surface area contributed by atoms with Gasteiger partial charge >= 0.3 is 5.97 Å². The van der Waals surface area contributed by atoms with Crippen LogP contribution in [0.1, 0.15) is 55.3 Å². The lowest BCUT2D eigenvalue weighted by atomic mass is 9.58. The highest BCUT2D eigenvalue weighted by Crippen LogP contribution is 2.58. The maximum atomic E-state index is 15.0. The second-order valence-electron chi connectivity index (χ2n) is 12.7. The van der Waals surface area contributed by atoms with Crippen molar-refractivity contribution in [3.05, 3.63) is 72.7 Å². The molecule has 0 saturated heterocycles. The Balaban J connectivity index is 1.10. The third-order valence-electron chi connectivity index (χ3n) is 9.73. The number of rotatable bonds is 7. The molecule has 0 amide bonds. The van der Waals surface area contributed by atoms with Crippen molar-refractivity contribution < 1.29 is 14.3 Å². The minimum Gasteiger partial charge on any atom is -0.478 e. The van der Waals surface area contributed by atoms with E-state index in [9.17, 15) is 9.90 Å². The first-order valence-corrected chi connectivity index (χ1v) is 14.9. The van der Waals surface area contributed by atoms with E-state index in [0.29, 0.717) is 28.1 Å². The van der Waals surface area contributed by atoms with E-state index >= 15 is 4.39 Å². The summed E-state index contributed by atoms with van der Waals surface area (Å²) in [6.07, 6.45) is 17.6. The fourth-order valence-electron chi connectivity index (χ4n) is 8.31. The number of pyridine rings is 2. The van der Waals surface area contributed by atoms with Crippen LogP contribution in [0.2, 0.25) is 0 Å². The van der Waals surface area contributed by atoms with Crippen LogP contribution in [0.25, 0.3) is 28.0 Å². The zero-order chi connectivity index (χ0) is 29.1. The average Bonchev–Trinajstić information content (AvgIpc) is 3.57. The number of carbonyl (C=O) groups is 1. The Labute approximate surface area is 247 Å². The highest BCUT2D eigenvalue weighted by Gasteiger charge is 2.48. The van der Waals surface area contributed by atoms with Gasteiger partial charge in [0.15, 0.2) is 17.3 Å². The predicted octanol–water partition coefficient (Wildman–Crippen LogP) is 6.26. The lowest BCUT2D eigenvalue weighted by molar-refractivity contribution is 0.0174. The van der Waals surface area contributed by atoms with Crippen molar-refractivity contribution in [2.45, 2.75) is 51.5 Å². The number of nitrogens with zero attached hydrogens (tertiary/aromatic N) is 7. The molecule has 10 nitrogen and oxygen atoms in total. The molecular formula is C32H31FN8O2. The van der Waals surface area contributed by atoms with Gasteiger partial charge in [-0.05, 0) is 73.5 Å². The summed E-state index contributed by atoms with van der Waals surface area (Å²) in [7, 11) is 0. The Morgan fingerprint density at radius 3 is 2.60 bits per heavy atom. The zero-order valence-corrected chi connectivity index (χ0v) is 23.5. The van der Waals surface area contributed by atoms with E-state index in [1.807, 2.05) is 10.9 Å². The molecule has 5 aromatic heterocycles. The fraction of sp³-hybridized carbons (Fsp3) is 0.375. The molecule has 218 valence electrons. The summed E-state index contributed by atoms with van der Waals surface area (Å²) in [5.74, 6) is 1.28. The molecule has 5 aromatic rings. The molecule has 4 saturated carbocycles. The molecule has 0 aromatic carbocycles. The molecule has 4 bridgehead atoms. The topological polar surface area (TPSA) is 124 Å². The predicted molar refractivity (Wildman–Crippen MR) is 158 cm³/mol. The summed E-state index contributed by atoms with van der Waals surface area (Å²) < 4.78 is 18.6. The number of fused-ring (bicyclic) bond motifs is 2. The van der Waals surface area contributed by atoms with E-state index < -0.39 is 11.8 Å². The molecule has 11 heteroatoms. The Bertz CT molecular complexity index is 1830. The standard InChI is InChI=1S/C32H31FN8O2/c33-25-11-23(16-35-29(25)37-26-3-1-2-7-34-26)41-8-6-24-27(31(42)43)28(38-39-30(24)41)22-15-36-40(17-22)18-32-12-19-4-5-20(13-32)10-21(9-19)14-32/h1-3,6-8,11,15-17,19-21H,4-5,9-10,12-14,18H2,(H,42,43)(H,34,35,37). The number of halogens is 1. The number of aromatic nitrogens is 7. The summed E-state index contributed by atoms with van der Waals surface area (Å²) in [6.45, 7) is 0.856. The molecule has 0 spiro atoms. The summed E-state index contributed by atoms with van der Waals surface area (Å²) in [4.78, 5) is 20.9. The molecule has 2 unspecified atom stereocenters. The SMILES string of the molecule is O=C(O)c1c(-c2cnn(CC34CC5CCC(CC(C5)C3)C4)c2)nnc2c1ccn2-c1cnc(Nc2ccccn2)c(F)c1. The molecule has 0 radical (unpaired) electrons. The molecule has 9 rings (SSSR count). The molecule has 4 aliphatic rings. The molecule has 4 fully saturated rings. The van der Waals surface area contributed by atoms with Crippen LogP contribution in [-0.4, -0.2) is 45.6 Å². The van der Waals surface area contributed by atoms with E-state index in [1.165, 1.54) is 57.2 Å². The Kier molecular flexibility index (Phi) is 6.02. The Hall–Kier alpha value is -4.67. The van der Waals surface area contributed by atoms with Crippen molar-refractivity contribution in [3.8, 4) is 16.9 Å². The summed E-state index contributed by atoms with van der Waals surface area (Å²) in [6, 6.07) is 8.24. The van der Waals surface area contributed by atoms with Crippen LogP contribution in [0, 0.1) is 29.0 Å². The van der Waals surface area contributed by atoms with Crippen molar-refractivity contribution in [1.82, 2.24) is 34.5 Å². The van der Waals surface area contributed by atoms with Gasteiger partial charge in [-0.3, -0.25) is 9.25 Å². The first-order chi connectivity index (χ1) is 20.9. The van der Waals surface area contributed by atoms with Gasteiger partial charge in [-0.1, -0.05) is 18.9 Å². The lowest BCUT2D eigenvalue weighted by Crippen LogP contribution is -2.40. The van der Waals surface area contributed by atoms with Gasteiger partial charge in [-0.25, -0.2) is 19.2 Å². The summed E-state index contributed by atoms with van der Waals surface area (Å²) in [5.41, 5.74) is 1.90. The maximum absolute atomic E-state index is 15.0. The van der Waals surface area contributed by atoms with Gasteiger partial charge in [0.1, 0.15) is 11.5 Å². The van der Waals surface area contributed by atoms with E-state index in [4.69, 9.17) is 0 Å². The normalized spacial score (nSPS) is 24.3. The first kappa shape index (κ1) is 26.0. The highest BCUT2D eigenvalue weighted by atomic mass is 19.1. The van der Waals surface area contributed by atoms with Gasteiger partial charge in [-0.2, -0.15) is 5.10 Å². The number of carboxylic acid groups (broad SMARTS) is 1. The monoisotopic (exact) mass is 578 g/mol. The van der Waals surface area contributed by atoms with Crippen LogP contribution in [0.4, 0.5) is 16.0 Å². The van der Waals surface area contributed by atoms with Crippen LogP contribution in [0.3, 0.4) is 0 Å². The minimum atomic E-state index is -1.11. The third-order valence-corrected chi connectivity index (χ3v) is 9.73. The van der Waals surface area contributed by atoms with Crippen molar-refractivity contribution in [2.75, 3.05) is 5.32 Å². The van der Waals surface area contributed by atoms with Gasteiger partial charge in [0, 0.05) is 42.2 Å².